The van der Waals surface area contributed by atoms with Crippen molar-refractivity contribution in [3.63, 3.8) is 0 Å². The van der Waals surface area contributed by atoms with E-state index in [2.05, 4.69) is 26.2 Å². The molecule has 6 nitrogen and oxygen atoms in total. The number of carbonyl (C=O) groups is 1. The molecule has 0 bridgehead atoms. The number of amides is 1. The molecule has 0 spiro atoms. The molecule has 0 aliphatic carbocycles. The van der Waals surface area contributed by atoms with E-state index in [9.17, 15) is 10.0 Å². The van der Waals surface area contributed by atoms with Crippen molar-refractivity contribution in [1.29, 1.82) is 0 Å². The molecule has 8 heteroatoms. The predicted molar refractivity (Wildman–Crippen MR) is 125 cm³/mol. The second-order valence-corrected chi connectivity index (χ2v) is 8.53. The lowest BCUT2D eigenvalue weighted by Gasteiger charge is -2.24. The van der Waals surface area contributed by atoms with Gasteiger partial charge < -0.3 is 11.1 Å². The fourth-order valence-corrected chi connectivity index (χ4v) is 4.59. The van der Waals surface area contributed by atoms with E-state index in [0.717, 1.165) is 31.4 Å². The molecule has 2 heterocycles. The van der Waals surface area contributed by atoms with Gasteiger partial charge in [-0.25, -0.2) is 10.1 Å². The Bertz CT molecular complexity index is 1010. The highest BCUT2D eigenvalue weighted by Crippen LogP contribution is 2.31. The van der Waals surface area contributed by atoms with Gasteiger partial charge in [0.1, 0.15) is 5.84 Å². The molecule has 1 amide bonds. The number of halogens is 1. The van der Waals surface area contributed by atoms with Gasteiger partial charge in [-0.15, -0.1) is 11.3 Å². The first-order valence-corrected chi connectivity index (χ1v) is 11.0. The number of thiophene rings is 1. The number of nitrogens with zero attached hydrogens (tertiary/aromatic N) is 2. The normalized spacial score (nSPS) is 17.1. The first-order valence-electron chi connectivity index (χ1n) is 9.43. The number of allylic oxidation sites excluding steroid dienone is 1. The molecule has 1 aliphatic rings. The Balaban J connectivity index is 1.79. The summed E-state index contributed by atoms with van der Waals surface area (Å²) >= 11 is 4.81. The van der Waals surface area contributed by atoms with E-state index in [-0.39, 0.29) is 6.54 Å². The van der Waals surface area contributed by atoms with E-state index in [4.69, 9.17) is 5.73 Å². The standard InChI is InChI=1S/C22H23BrN4O2S/c1-2-9-25-21-16(8-10-26-21)12-19-18(23)13-20(30-19)22(28)27(29)17(14-24)11-15-6-4-3-5-7-15/h2-10,12-13,17,29H,11,14,24H2,1H3,(H,25,26)/b9-2-,16-12+. The molecule has 0 saturated heterocycles. The van der Waals surface area contributed by atoms with Gasteiger partial charge in [0.15, 0.2) is 0 Å². The summed E-state index contributed by atoms with van der Waals surface area (Å²) in [5.41, 5.74) is 7.74. The lowest BCUT2D eigenvalue weighted by molar-refractivity contribution is -0.0856. The third-order valence-corrected chi connectivity index (χ3v) is 6.45. The Hall–Kier alpha value is -2.52. The van der Waals surface area contributed by atoms with Crippen molar-refractivity contribution in [3.8, 4) is 0 Å². The van der Waals surface area contributed by atoms with Crippen LogP contribution < -0.4 is 11.1 Å². The molecular weight excluding hydrogens is 464 g/mol. The van der Waals surface area contributed by atoms with Crippen LogP contribution in [0.15, 0.2) is 76.0 Å². The first-order chi connectivity index (χ1) is 14.5. The molecule has 0 radical (unpaired) electrons. The van der Waals surface area contributed by atoms with Gasteiger partial charge in [0, 0.05) is 33.9 Å². The smallest absolute Gasteiger partial charge is 0.287 e. The first kappa shape index (κ1) is 22.2. The van der Waals surface area contributed by atoms with Crippen molar-refractivity contribution >= 4 is 45.1 Å². The second-order valence-electron chi connectivity index (χ2n) is 6.59. The maximum atomic E-state index is 12.9. The van der Waals surface area contributed by atoms with Crippen molar-refractivity contribution in [2.45, 2.75) is 19.4 Å². The van der Waals surface area contributed by atoms with E-state index in [1.54, 1.807) is 12.3 Å². The number of hydrogen-bond donors (Lipinski definition) is 3. The maximum Gasteiger partial charge on any atom is 0.287 e. The minimum Gasteiger partial charge on any atom is -0.346 e. The summed E-state index contributed by atoms with van der Waals surface area (Å²) < 4.78 is 0.773. The van der Waals surface area contributed by atoms with Gasteiger partial charge in [-0.2, -0.15) is 0 Å². The van der Waals surface area contributed by atoms with Crippen molar-refractivity contribution in [3.05, 3.63) is 86.3 Å². The van der Waals surface area contributed by atoms with Gasteiger partial charge in [0.2, 0.25) is 0 Å². The second kappa shape index (κ2) is 10.5. The van der Waals surface area contributed by atoms with Crippen LogP contribution in [0.3, 0.4) is 0 Å². The summed E-state index contributed by atoms with van der Waals surface area (Å²) in [6.07, 6.45) is 9.71. The summed E-state index contributed by atoms with van der Waals surface area (Å²) in [4.78, 5) is 18.5. The van der Waals surface area contributed by atoms with Crippen LogP contribution >= 0.6 is 27.3 Å². The van der Waals surface area contributed by atoms with Crippen LogP contribution in [0.25, 0.3) is 6.08 Å². The third-order valence-electron chi connectivity index (χ3n) is 4.46. The van der Waals surface area contributed by atoms with Gasteiger partial charge in [0.05, 0.1) is 10.9 Å². The average molecular weight is 487 g/mol. The number of hydrogen-bond acceptors (Lipinski definition) is 5. The molecule has 1 atom stereocenters. The highest BCUT2D eigenvalue weighted by molar-refractivity contribution is 9.10. The predicted octanol–water partition coefficient (Wildman–Crippen LogP) is 4.34. The largest absolute Gasteiger partial charge is 0.346 e. The Kier molecular flexibility index (Phi) is 7.75. The number of hydroxylamine groups is 2. The maximum absolute atomic E-state index is 12.9. The molecule has 1 aromatic carbocycles. The van der Waals surface area contributed by atoms with Crippen LogP contribution in [0.2, 0.25) is 0 Å². The van der Waals surface area contributed by atoms with Crippen molar-refractivity contribution < 1.29 is 10.0 Å². The van der Waals surface area contributed by atoms with Gasteiger partial charge >= 0.3 is 0 Å². The molecule has 1 aromatic heterocycles. The topological polar surface area (TPSA) is 91.0 Å². The zero-order chi connectivity index (χ0) is 21.5. The molecule has 0 fully saturated rings. The number of amidine groups is 1. The van der Waals surface area contributed by atoms with Crippen LogP contribution in [-0.4, -0.2) is 34.6 Å². The van der Waals surface area contributed by atoms with Gasteiger partial charge in [-0.1, -0.05) is 36.4 Å². The Morgan fingerprint density at radius 1 is 1.40 bits per heavy atom. The van der Waals surface area contributed by atoms with E-state index in [1.165, 1.54) is 11.3 Å². The fraction of sp³-hybridized carbons (Fsp3) is 0.182. The zero-order valence-corrected chi connectivity index (χ0v) is 18.9. The Morgan fingerprint density at radius 3 is 2.87 bits per heavy atom. The minimum atomic E-state index is -0.510. The summed E-state index contributed by atoms with van der Waals surface area (Å²) in [6, 6.07) is 10.9. The summed E-state index contributed by atoms with van der Waals surface area (Å²) in [7, 11) is 0. The van der Waals surface area contributed by atoms with E-state index >= 15 is 0 Å². The number of rotatable bonds is 7. The average Bonchev–Trinajstić information content (AvgIpc) is 3.36. The van der Waals surface area contributed by atoms with Gasteiger partial charge in [-0.3, -0.25) is 10.0 Å². The number of carbonyl (C=O) groups excluding carboxylic acids is 1. The lowest BCUT2D eigenvalue weighted by atomic mass is 10.1. The molecule has 4 N–H and O–H groups in total. The minimum absolute atomic E-state index is 0.155. The quantitative estimate of drug-likeness (QED) is 0.400. The number of benzene rings is 1. The molecule has 156 valence electrons. The monoisotopic (exact) mass is 486 g/mol. The van der Waals surface area contributed by atoms with Crippen LogP contribution in [0.4, 0.5) is 0 Å². The van der Waals surface area contributed by atoms with Crippen LogP contribution in [0.5, 0.6) is 0 Å². The molecule has 0 saturated carbocycles. The molecular formula is C22H23BrN4O2S. The molecule has 1 unspecified atom stereocenters. The summed E-state index contributed by atoms with van der Waals surface area (Å²) in [5, 5.41) is 14.4. The van der Waals surface area contributed by atoms with Crippen LogP contribution in [0.1, 0.15) is 27.0 Å². The number of nitrogens with one attached hydrogen (secondary N) is 1. The molecule has 1 aliphatic heterocycles. The fourth-order valence-electron chi connectivity index (χ4n) is 2.91. The molecule has 30 heavy (non-hydrogen) atoms. The Morgan fingerprint density at radius 2 is 2.17 bits per heavy atom. The van der Waals surface area contributed by atoms with Gasteiger partial charge in [0.25, 0.3) is 5.91 Å². The van der Waals surface area contributed by atoms with Gasteiger partial charge in [-0.05, 0) is 53.1 Å². The van der Waals surface area contributed by atoms with Crippen LogP contribution in [0, 0.1) is 0 Å². The molecule has 2 aromatic rings. The van der Waals surface area contributed by atoms with Crippen LogP contribution in [-0.2, 0) is 6.42 Å². The zero-order valence-electron chi connectivity index (χ0n) is 16.5. The molecule has 3 rings (SSSR count). The number of aliphatic imine (C=N–C) groups is 1. The van der Waals surface area contributed by atoms with E-state index in [0.29, 0.717) is 11.3 Å². The Labute approximate surface area is 188 Å². The summed E-state index contributed by atoms with van der Waals surface area (Å²) in [5.74, 6) is 0.260. The van der Waals surface area contributed by atoms with E-state index in [1.807, 2.05) is 61.7 Å². The lowest BCUT2D eigenvalue weighted by Crippen LogP contribution is -2.43. The number of nitrogens with two attached hydrogens (primary N) is 1. The summed E-state index contributed by atoms with van der Waals surface area (Å²) in [6.45, 7) is 2.05. The third kappa shape index (κ3) is 5.34. The van der Waals surface area contributed by atoms with Crippen molar-refractivity contribution in [1.82, 2.24) is 10.4 Å². The highest BCUT2D eigenvalue weighted by atomic mass is 79.9. The highest BCUT2D eigenvalue weighted by Gasteiger charge is 2.25. The SMILES string of the molecule is C\C=C/N=C1/NC=C/C1=C\c1sc(C(=O)N(O)C(CN)Cc2ccccc2)cc1Br. The van der Waals surface area contributed by atoms with Crippen molar-refractivity contribution in [2.24, 2.45) is 10.7 Å². The van der Waals surface area contributed by atoms with E-state index < -0.39 is 11.9 Å². The van der Waals surface area contributed by atoms with Crippen molar-refractivity contribution in [2.75, 3.05) is 6.54 Å².